The molecule has 2 nitrogen and oxygen atoms in total. The summed E-state index contributed by atoms with van der Waals surface area (Å²) in [5.41, 5.74) is 1.35. The molecule has 0 radical (unpaired) electrons. The number of halogens is 2. The fraction of sp³-hybridized carbons (Fsp3) is 0.520. The van der Waals surface area contributed by atoms with Gasteiger partial charge in [-0.15, -0.1) is 0 Å². The molecule has 172 valence electrons. The van der Waals surface area contributed by atoms with E-state index in [1.807, 2.05) is 39.0 Å². The molecule has 1 N–H and O–H groups in total. The second-order valence-corrected chi connectivity index (χ2v) is 16.7. The predicted molar refractivity (Wildman–Crippen MR) is 132 cm³/mol. The maximum Gasteiger partial charge on any atom is 0.126 e. The van der Waals surface area contributed by atoms with Crippen LogP contribution in [0.3, 0.4) is 0 Å². The second-order valence-electron chi connectivity index (χ2n) is 10.9. The Morgan fingerprint density at radius 2 is 1.32 bits per heavy atom. The third kappa shape index (κ3) is 6.66. The Bertz CT molecular complexity index is 908. The lowest BCUT2D eigenvalue weighted by atomic mass is 9.99. The molecule has 2 rings (SSSR count). The van der Waals surface area contributed by atoms with Crippen molar-refractivity contribution in [2.24, 2.45) is 0 Å². The molecule has 2 atom stereocenters. The highest BCUT2D eigenvalue weighted by Gasteiger charge is 2.38. The van der Waals surface area contributed by atoms with Crippen molar-refractivity contribution in [2.75, 3.05) is 0 Å². The van der Waals surface area contributed by atoms with E-state index in [4.69, 9.17) is 0 Å². The van der Waals surface area contributed by atoms with Crippen molar-refractivity contribution in [2.45, 2.75) is 83.4 Å². The summed E-state index contributed by atoms with van der Waals surface area (Å²) in [4.78, 5) is 0. The molecular weight excluding hydrogens is 431 g/mol. The Morgan fingerprint density at radius 1 is 0.839 bits per heavy atom. The third-order valence-electron chi connectivity index (χ3n) is 4.83. The zero-order valence-electron chi connectivity index (χ0n) is 20.1. The zero-order chi connectivity index (χ0) is 23.8. The van der Waals surface area contributed by atoms with Crippen molar-refractivity contribution >= 4 is 24.2 Å². The van der Waals surface area contributed by atoms with Gasteiger partial charge in [0.2, 0.25) is 0 Å². The molecule has 0 aromatic heterocycles. The van der Waals surface area contributed by atoms with Crippen molar-refractivity contribution < 1.29 is 13.0 Å². The van der Waals surface area contributed by atoms with Crippen LogP contribution >= 0.6 is 7.92 Å². The maximum atomic E-state index is 14.2. The molecule has 2 aromatic carbocycles. The van der Waals surface area contributed by atoms with Crippen molar-refractivity contribution in [3.05, 3.63) is 65.2 Å². The molecule has 0 bridgehead atoms. The summed E-state index contributed by atoms with van der Waals surface area (Å²) in [5.74, 6) is -1.29. The first-order valence-electron chi connectivity index (χ1n) is 10.5. The van der Waals surface area contributed by atoms with Gasteiger partial charge in [0, 0.05) is 6.07 Å². The van der Waals surface area contributed by atoms with Crippen LogP contribution in [0.25, 0.3) is 0 Å². The lowest BCUT2D eigenvalue weighted by molar-refractivity contribution is 0.573. The van der Waals surface area contributed by atoms with E-state index in [9.17, 15) is 13.0 Å². The summed E-state index contributed by atoms with van der Waals surface area (Å²) < 4.78 is 44.1. The quantitative estimate of drug-likeness (QED) is 0.481. The highest BCUT2D eigenvalue weighted by molar-refractivity contribution is 7.84. The number of benzene rings is 2. The van der Waals surface area contributed by atoms with E-state index in [1.165, 1.54) is 12.1 Å². The Balaban J connectivity index is 2.77. The van der Waals surface area contributed by atoms with Gasteiger partial charge in [-0.25, -0.2) is 17.7 Å². The maximum absolute atomic E-state index is 14.2. The Kier molecular flexibility index (Phi) is 7.89. The van der Waals surface area contributed by atoms with Gasteiger partial charge < -0.3 is 0 Å². The summed E-state index contributed by atoms with van der Waals surface area (Å²) in [5, 5.41) is 1.17. The van der Waals surface area contributed by atoms with Crippen LogP contribution in [0.15, 0.2) is 42.5 Å². The summed E-state index contributed by atoms with van der Waals surface area (Å²) in [6.45, 7) is 19.0. The van der Waals surface area contributed by atoms with Crippen LogP contribution in [-0.4, -0.2) is 19.3 Å². The second kappa shape index (κ2) is 9.37. The van der Waals surface area contributed by atoms with Gasteiger partial charge in [-0.3, -0.25) is 0 Å². The first-order valence-corrected chi connectivity index (χ1v) is 13.0. The fourth-order valence-corrected chi connectivity index (χ4v) is 8.99. The summed E-state index contributed by atoms with van der Waals surface area (Å²) in [6.07, 6.45) is 0. The summed E-state index contributed by atoms with van der Waals surface area (Å²) in [6, 6.07) is 11.0. The lowest BCUT2D eigenvalue weighted by Gasteiger charge is -2.43. The topological polar surface area (TPSA) is 29.1 Å². The van der Waals surface area contributed by atoms with E-state index >= 15 is 0 Å². The van der Waals surface area contributed by atoms with Crippen LogP contribution in [-0.2, 0) is 11.0 Å². The van der Waals surface area contributed by atoms with Gasteiger partial charge in [0.25, 0.3) is 0 Å². The summed E-state index contributed by atoms with van der Waals surface area (Å²) >= 11 is 0. The van der Waals surface area contributed by atoms with Crippen molar-refractivity contribution in [3.8, 4) is 0 Å². The van der Waals surface area contributed by atoms with E-state index < -0.39 is 41.3 Å². The molecule has 0 amide bonds. The first-order chi connectivity index (χ1) is 14.0. The lowest BCUT2D eigenvalue weighted by Crippen LogP contribution is -2.39. The predicted octanol–water partition coefficient (Wildman–Crippen LogP) is 6.81. The summed E-state index contributed by atoms with van der Waals surface area (Å²) in [7, 11) is -2.11. The average molecular weight is 468 g/mol. The van der Waals surface area contributed by atoms with Crippen LogP contribution in [0.4, 0.5) is 8.78 Å². The van der Waals surface area contributed by atoms with Crippen molar-refractivity contribution in [1.29, 1.82) is 0 Å². The molecule has 0 aliphatic rings. The average Bonchev–Trinajstić information content (AvgIpc) is 2.56. The molecule has 2 unspecified atom stereocenters. The van der Waals surface area contributed by atoms with Crippen LogP contribution in [0, 0.1) is 11.6 Å². The highest BCUT2D eigenvalue weighted by atomic mass is 32.2. The molecule has 0 saturated heterocycles. The molecule has 2 aromatic rings. The van der Waals surface area contributed by atoms with Crippen molar-refractivity contribution in [1.82, 2.24) is 4.72 Å². The zero-order valence-corrected chi connectivity index (χ0v) is 21.8. The van der Waals surface area contributed by atoms with Gasteiger partial charge in [-0.1, -0.05) is 73.7 Å². The Morgan fingerprint density at radius 3 is 1.77 bits per heavy atom. The van der Waals surface area contributed by atoms with Gasteiger partial charge in [0.1, 0.15) is 11.6 Å². The standard InChI is InChI=1S/C25H36F2NOPS/c1-23(2,3)30(24(4,5)6)21-13-11-10-12-20(21)22(28-31(29)25(7,8)9)17-14-18(26)16-19(27)15-17/h10-16,22,28H,1-9H3. The van der Waals surface area contributed by atoms with Gasteiger partial charge in [-0.05, 0) is 59.6 Å². The van der Waals surface area contributed by atoms with Crippen LogP contribution in [0.1, 0.15) is 79.5 Å². The first kappa shape index (κ1) is 26.1. The Labute approximate surface area is 190 Å². The van der Waals surface area contributed by atoms with Gasteiger partial charge in [0.05, 0.1) is 21.8 Å². The highest BCUT2D eigenvalue weighted by Crippen LogP contribution is 2.59. The number of nitrogens with one attached hydrogen (secondary N) is 1. The minimum atomic E-state index is -1.43. The SMILES string of the molecule is CC(C)(C)P(c1ccccc1C(NS(=O)C(C)(C)C)c1cc(F)cc(F)c1)C(C)(C)C. The molecule has 0 fully saturated rings. The van der Waals surface area contributed by atoms with E-state index in [0.717, 1.165) is 16.9 Å². The molecule has 0 aliphatic heterocycles. The fourth-order valence-electron chi connectivity index (χ4n) is 4.00. The molecular formula is C25H36F2NOPS. The van der Waals surface area contributed by atoms with Gasteiger partial charge in [0.15, 0.2) is 0 Å². The van der Waals surface area contributed by atoms with Crippen LogP contribution in [0.2, 0.25) is 0 Å². The number of rotatable bonds is 5. The van der Waals surface area contributed by atoms with Crippen molar-refractivity contribution in [3.63, 3.8) is 0 Å². The van der Waals surface area contributed by atoms with Crippen LogP contribution < -0.4 is 10.0 Å². The van der Waals surface area contributed by atoms with Crippen LogP contribution in [0.5, 0.6) is 0 Å². The number of hydrogen-bond acceptors (Lipinski definition) is 1. The van der Waals surface area contributed by atoms with E-state index in [0.29, 0.717) is 5.56 Å². The normalized spacial score (nSPS) is 15.2. The van der Waals surface area contributed by atoms with E-state index in [1.54, 1.807) is 0 Å². The third-order valence-corrected chi connectivity index (χ3v) is 9.96. The largest absolute Gasteiger partial charge is 0.242 e. The Hall–Kier alpha value is -1.16. The monoisotopic (exact) mass is 467 g/mol. The molecule has 0 saturated carbocycles. The number of hydrogen-bond donors (Lipinski definition) is 1. The molecule has 0 spiro atoms. The molecule has 31 heavy (non-hydrogen) atoms. The van der Waals surface area contributed by atoms with Gasteiger partial charge >= 0.3 is 0 Å². The minimum Gasteiger partial charge on any atom is -0.242 e. The van der Waals surface area contributed by atoms with Gasteiger partial charge in [-0.2, -0.15) is 0 Å². The molecule has 6 heteroatoms. The smallest absolute Gasteiger partial charge is 0.126 e. The minimum absolute atomic E-state index is 0.00457. The van der Waals surface area contributed by atoms with E-state index in [-0.39, 0.29) is 10.3 Å². The molecule has 0 aliphatic carbocycles. The molecule has 0 heterocycles. The van der Waals surface area contributed by atoms with E-state index in [2.05, 4.69) is 52.3 Å².